The highest BCUT2D eigenvalue weighted by Gasteiger charge is 2.09. The molecule has 0 unspecified atom stereocenters. The molecule has 4 nitrogen and oxygen atoms in total. The number of halogens is 2. The molecule has 0 saturated carbocycles. The summed E-state index contributed by atoms with van der Waals surface area (Å²) in [5.41, 5.74) is 0.383. The highest BCUT2D eigenvalue weighted by Crippen LogP contribution is 2.13. The van der Waals surface area contributed by atoms with Gasteiger partial charge in [-0.3, -0.25) is 9.48 Å². The fraction of sp³-hybridized carbons (Fsp3) is 0.0909. The number of benzene rings is 1. The molecule has 0 saturated heterocycles. The molecule has 1 N–H and O–H groups in total. The van der Waals surface area contributed by atoms with Gasteiger partial charge in [-0.25, -0.2) is 8.78 Å². The summed E-state index contributed by atoms with van der Waals surface area (Å²) in [7, 11) is 1.67. The SMILES string of the molecule is Cn1cc(C(=O)Nc2cc(F)cc(F)c2)cn1. The summed E-state index contributed by atoms with van der Waals surface area (Å²) in [5.74, 6) is -1.96. The number of amides is 1. The molecular formula is C11H9F2N3O. The van der Waals surface area contributed by atoms with Gasteiger partial charge in [0.2, 0.25) is 0 Å². The smallest absolute Gasteiger partial charge is 0.258 e. The van der Waals surface area contributed by atoms with E-state index in [4.69, 9.17) is 0 Å². The van der Waals surface area contributed by atoms with Crippen molar-refractivity contribution in [3.05, 3.63) is 47.8 Å². The second kappa shape index (κ2) is 4.32. The van der Waals surface area contributed by atoms with Crippen LogP contribution >= 0.6 is 0 Å². The quantitative estimate of drug-likeness (QED) is 0.867. The number of hydrogen-bond acceptors (Lipinski definition) is 2. The summed E-state index contributed by atoms with van der Waals surface area (Å²) >= 11 is 0. The topological polar surface area (TPSA) is 46.9 Å². The van der Waals surface area contributed by atoms with Gasteiger partial charge in [-0.2, -0.15) is 5.10 Å². The van der Waals surface area contributed by atoms with Crippen LogP contribution in [-0.2, 0) is 7.05 Å². The predicted molar refractivity (Wildman–Crippen MR) is 57.5 cm³/mol. The van der Waals surface area contributed by atoms with E-state index < -0.39 is 17.5 Å². The third kappa shape index (κ3) is 2.66. The van der Waals surface area contributed by atoms with E-state index in [0.717, 1.165) is 18.2 Å². The van der Waals surface area contributed by atoms with Crippen molar-refractivity contribution in [1.29, 1.82) is 0 Å². The zero-order chi connectivity index (χ0) is 12.4. The fourth-order valence-corrected chi connectivity index (χ4v) is 1.37. The van der Waals surface area contributed by atoms with Gasteiger partial charge in [-0.1, -0.05) is 0 Å². The molecule has 0 atom stereocenters. The van der Waals surface area contributed by atoms with E-state index >= 15 is 0 Å². The van der Waals surface area contributed by atoms with Crippen LogP contribution in [0, 0.1) is 11.6 Å². The molecule has 0 spiro atoms. The van der Waals surface area contributed by atoms with Crippen LogP contribution in [0.1, 0.15) is 10.4 Å². The van der Waals surface area contributed by atoms with Gasteiger partial charge < -0.3 is 5.32 Å². The molecule has 0 radical (unpaired) electrons. The molecule has 2 aromatic rings. The lowest BCUT2D eigenvalue weighted by molar-refractivity contribution is 0.102. The Morgan fingerprint density at radius 2 is 1.94 bits per heavy atom. The van der Waals surface area contributed by atoms with Crippen LogP contribution in [0.15, 0.2) is 30.6 Å². The number of anilines is 1. The van der Waals surface area contributed by atoms with E-state index in [1.54, 1.807) is 7.05 Å². The maximum atomic E-state index is 12.9. The van der Waals surface area contributed by atoms with Gasteiger partial charge in [0.05, 0.1) is 11.8 Å². The standard InChI is InChI=1S/C11H9F2N3O/c1-16-6-7(5-14-16)11(17)15-10-3-8(12)2-9(13)4-10/h2-6H,1H3,(H,15,17). The number of carbonyl (C=O) groups is 1. The number of carbonyl (C=O) groups excluding carboxylic acids is 1. The Hall–Kier alpha value is -2.24. The monoisotopic (exact) mass is 237 g/mol. The Bertz CT molecular complexity index is 545. The maximum Gasteiger partial charge on any atom is 0.258 e. The molecule has 17 heavy (non-hydrogen) atoms. The molecule has 0 aliphatic carbocycles. The van der Waals surface area contributed by atoms with E-state index in [2.05, 4.69) is 10.4 Å². The van der Waals surface area contributed by atoms with Gasteiger partial charge in [-0.05, 0) is 12.1 Å². The van der Waals surface area contributed by atoms with Crippen LogP contribution < -0.4 is 5.32 Å². The van der Waals surface area contributed by atoms with Crippen molar-refractivity contribution >= 4 is 11.6 Å². The first kappa shape index (κ1) is 11.3. The molecule has 6 heteroatoms. The predicted octanol–water partition coefficient (Wildman–Crippen LogP) is 1.95. The Kier molecular flexibility index (Phi) is 2.86. The van der Waals surface area contributed by atoms with Crippen molar-refractivity contribution in [3.8, 4) is 0 Å². The van der Waals surface area contributed by atoms with Crippen LogP contribution in [0.3, 0.4) is 0 Å². The van der Waals surface area contributed by atoms with Gasteiger partial charge in [-0.15, -0.1) is 0 Å². The largest absolute Gasteiger partial charge is 0.322 e. The lowest BCUT2D eigenvalue weighted by atomic mass is 10.2. The number of aromatic nitrogens is 2. The normalized spacial score (nSPS) is 10.3. The number of rotatable bonds is 2. The van der Waals surface area contributed by atoms with E-state index in [9.17, 15) is 13.6 Å². The molecule has 1 aromatic carbocycles. The minimum Gasteiger partial charge on any atom is -0.322 e. The summed E-state index contributed by atoms with van der Waals surface area (Å²) in [6, 6.07) is 2.81. The maximum absolute atomic E-state index is 12.9. The van der Waals surface area contributed by atoms with Gasteiger partial charge in [0, 0.05) is 25.0 Å². The molecule has 0 aliphatic rings. The zero-order valence-corrected chi connectivity index (χ0v) is 8.95. The van der Waals surface area contributed by atoms with Crippen molar-refractivity contribution in [3.63, 3.8) is 0 Å². The third-order valence-corrected chi connectivity index (χ3v) is 2.09. The molecule has 0 bridgehead atoms. The van der Waals surface area contributed by atoms with Crippen LogP contribution in [0.5, 0.6) is 0 Å². The zero-order valence-electron chi connectivity index (χ0n) is 8.95. The molecule has 1 amide bonds. The summed E-state index contributed by atoms with van der Waals surface area (Å²) in [4.78, 5) is 11.6. The Labute approximate surface area is 95.9 Å². The van der Waals surface area contributed by atoms with E-state index in [0.29, 0.717) is 5.56 Å². The van der Waals surface area contributed by atoms with E-state index in [-0.39, 0.29) is 5.69 Å². The highest BCUT2D eigenvalue weighted by molar-refractivity contribution is 6.03. The van der Waals surface area contributed by atoms with E-state index in [1.165, 1.54) is 17.1 Å². The summed E-state index contributed by atoms with van der Waals surface area (Å²) in [6.07, 6.45) is 2.87. The van der Waals surface area contributed by atoms with Gasteiger partial charge >= 0.3 is 0 Å². The number of nitrogens with one attached hydrogen (secondary N) is 1. The molecule has 1 heterocycles. The average Bonchev–Trinajstić information content (AvgIpc) is 2.63. The first-order valence-corrected chi connectivity index (χ1v) is 4.81. The lowest BCUT2D eigenvalue weighted by Crippen LogP contribution is -2.11. The van der Waals surface area contributed by atoms with Crippen LogP contribution in [0.25, 0.3) is 0 Å². The van der Waals surface area contributed by atoms with Crippen molar-refractivity contribution in [2.24, 2.45) is 7.05 Å². The van der Waals surface area contributed by atoms with Crippen LogP contribution in [0.2, 0.25) is 0 Å². The van der Waals surface area contributed by atoms with Gasteiger partial charge in [0.1, 0.15) is 11.6 Å². The number of nitrogens with zero attached hydrogens (tertiary/aromatic N) is 2. The van der Waals surface area contributed by atoms with Crippen LogP contribution in [-0.4, -0.2) is 15.7 Å². The van der Waals surface area contributed by atoms with Crippen LogP contribution in [0.4, 0.5) is 14.5 Å². The summed E-state index contributed by atoms with van der Waals surface area (Å²) < 4.78 is 27.2. The van der Waals surface area contributed by atoms with E-state index in [1.807, 2.05) is 0 Å². The van der Waals surface area contributed by atoms with Gasteiger partial charge in [0.25, 0.3) is 5.91 Å². The third-order valence-electron chi connectivity index (χ3n) is 2.09. The average molecular weight is 237 g/mol. The molecule has 2 rings (SSSR count). The fourth-order valence-electron chi connectivity index (χ4n) is 1.37. The first-order chi connectivity index (χ1) is 8.04. The minimum absolute atomic E-state index is 0.0661. The number of aryl methyl sites for hydroxylation is 1. The molecule has 0 fully saturated rings. The first-order valence-electron chi connectivity index (χ1n) is 4.81. The Morgan fingerprint density at radius 3 is 2.47 bits per heavy atom. The molecule has 88 valence electrons. The second-order valence-corrected chi connectivity index (χ2v) is 3.51. The highest BCUT2D eigenvalue weighted by atomic mass is 19.1. The lowest BCUT2D eigenvalue weighted by Gasteiger charge is -2.03. The summed E-state index contributed by atoms with van der Waals surface area (Å²) in [5, 5.41) is 6.20. The molecular weight excluding hydrogens is 228 g/mol. The van der Waals surface area contributed by atoms with Crippen molar-refractivity contribution in [1.82, 2.24) is 9.78 Å². The Balaban J connectivity index is 2.18. The van der Waals surface area contributed by atoms with Crippen molar-refractivity contribution < 1.29 is 13.6 Å². The summed E-state index contributed by atoms with van der Waals surface area (Å²) in [6.45, 7) is 0. The Morgan fingerprint density at radius 1 is 1.29 bits per heavy atom. The minimum atomic E-state index is -0.744. The number of hydrogen-bond donors (Lipinski definition) is 1. The molecule has 0 aliphatic heterocycles. The molecule has 1 aromatic heterocycles. The van der Waals surface area contributed by atoms with Gasteiger partial charge in [0.15, 0.2) is 0 Å². The van der Waals surface area contributed by atoms with Crippen molar-refractivity contribution in [2.45, 2.75) is 0 Å². The van der Waals surface area contributed by atoms with Crippen molar-refractivity contribution in [2.75, 3.05) is 5.32 Å². The second-order valence-electron chi connectivity index (χ2n) is 3.51.